The maximum Gasteiger partial charge on any atom is 0.259 e. The zero-order valence-corrected chi connectivity index (χ0v) is 16.6. The lowest BCUT2D eigenvalue weighted by Crippen LogP contribution is -2.35. The SMILES string of the molecule is C=CCN1C(=O)c2cccc3c(N4CCCN(CC5CCC5)CC4)ccc1c23. The van der Waals surface area contributed by atoms with Gasteiger partial charge in [-0.25, -0.2) is 0 Å². The molecule has 28 heavy (non-hydrogen) atoms. The quantitative estimate of drug-likeness (QED) is 0.729. The van der Waals surface area contributed by atoms with E-state index in [1.54, 1.807) is 6.08 Å². The fourth-order valence-corrected chi connectivity index (χ4v) is 5.05. The number of anilines is 2. The largest absolute Gasteiger partial charge is 0.370 e. The molecule has 0 bridgehead atoms. The number of benzene rings is 2. The van der Waals surface area contributed by atoms with Gasteiger partial charge in [-0.2, -0.15) is 0 Å². The van der Waals surface area contributed by atoms with Crippen LogP contribution in [0.2, 0.25) is 0 Å². The standard InChI is InChI=1S/C24H29N3O/c1-2-12-27-22-11-10-21(19-8-4-9-20(23(19)22)24(27)28)26-14-5-13-25(15-16-26)17-18-6-3-7-18/h2,4,8-11,18H,1,3,5-7,12-17H2. The topological polar surface area (TPSA) is 26.8 Å². The van der Waals surface area contributed by atoms with Crippen molar-refractivity contribution in [2.75, 3.05) is 49.1 Å². The van der Waals surface area contributed by atoms with Crippen LogP contribution in [0.4, 0.5) is 11.4 Å². The maximum absolute atomic E-state index is 12.8. The molecule has 4 heteroatoms. The molecule has 0 N–H and O–H groups in total. The van der Waals surface area contributed by atoms with Gasteiger partial charge in [0.2, 0.25) is 0 Å². The van der Waals surface area contributed by atoms with Crippen molar-refractivity contribution in [3.63, 3.8) is 0 Å². The lowest BCUT2D eigenvalue weighted by atomic mass is 9.85. The average Bonchev–Trinajstić information content (AvgIpc) is 2.84. The molecule has 0 atom stereocenters. The minimum absolute atomic E-state index is 0.0974. The van der Waals surface area contributed by atoms with Crippen LogP contribution in [0.15, 0.2) is 43.0 Å². The van der Waals surface area contributed by atoms with Crippen LogP contribution in [-0.2, 0) is 0 Å². The maximum atomic E-state index is 12.8. The zero-order valence-electron chi connectivity index (χ0n) is 16.6. The van der Waals surface area contributed by atoms with Crippen LogP contribution in [0.5, 0.6) is 0 Å². The monoisotopic (exact) mass is 375 g/mol. The zero-order chi connectivity index (χ0) is 19.1. The van der Waals surface area contributed by atoms with Crippen molar-refractivity contribution in [2.24, 2.45) is 5.92 Å². The molecule has 1 amide bonds. The molecule has 2 aromatic carbocycles. The summed E-state index contributed by atoms with van der Waals surface area (Å²) in [5, 5.41) is 2.32. The third-order valence-corrected chi connectivity index (χ3v) is 6.74. The molecule has 2 heterocycles. The molecule has 0 aromatic heterocycles. The van der Waals surface area contributed by atoms with E-state index in [0.29, 0.717) is 6.54 Å². The predicted molar refractivity (Wildman–Crippen MR) is 116 cm³/mol. The van der Waals surface area contributed by atoms with Gasteiger partial charge in [0, 0.05) is 54.7 Å². The van der Waals surface area contributed by atoms with Crippen molar-refractivity contribution in [1.82, 2.24) is 4.90 Å². The van der Waals surface area contributed by atoms with E-state index in [1.165, 1.54) is 49.8 Å². The first-order valence-electron chi connectivity index (χ1n) is 10.7. The van der Waals surface area contributed by atoms with E-state index in [9.17, 15) is 4.79 Å². The highest BCUT2D eigenvalue weighted by molar-refractivity contribution is 6.26. The van der Waals surface area contributed by atoms with Crippen LogP contribution in [0.3, 0.4) is 0 Å². The lowest BCUT2D eigenvalue weighted by molar-refractivity contribution is 0.0996. The van der Waals surface area contributed by atoms with Crippen LogP contribution in [0.25, 0.3) is 10.8 Å². The van der Waals surface area contributed by atoms with E-state index < -0.39 is 0 Å². The van der Waals surface area contributed by atoms with Crippen LogP contribution in [0.1, 0.15) is 36.0 Å². The molecular weight excluding hydrogens is 346 g/mol. The van der Waals surface area contributed by atoms with Gasteiger partial charge in [0.25, 0.3) is 5.91 Å². The average molecular weight is 376 g/mol. The molecule has 2 aromatic rings. The molecule has 2 aliphatic heterocycles. The van der Waals surface area contributed by atoms with E-state index in [2.05, 4.69) is 34.6 Å². The minimum Gasteiger partial charge on any atom is -0.370 e. The molecule has 4 nitrogen and oxygen atoms in total. The van der Waals surface area contributed by atoms with Gasteiger partial charge < -0.3 is 14.7 Å². The summed E-state index contributed by atoms with van der Waals surface area (Å²) in [5.74, 6) is 1.03. The van der Waals surface area contributed by atoms with Gasteiger partial charge in [-0.1, -0.05) is 24.6 Å². The molecule has 0 spiro atoms. The summed E-state index contributed by atoms with van der Waals surface area (Å²) in [4.78, 5) is 19.9. The fraction of sp³-hybridized carbons (Fsp3) is 0.458. The first-order chi connectivity index (χ1) is 13.8. The van der Waals surface area contributed by atoms with E-state index in [1.807, 2.05) is 17.0 Å². The Labute approximate surface area is 167 Å². The van der Waals surface area contributed by atoms with Gasteiger partial charge >= 0.3 is 0 Å². The molecule has 5 rings (SSSR count). The molecule has 146 valence electrons. The van der Waals surface area contributed by atoms with Crippen molar-refractivity contribution >= 4 is 28.1 Å². The van der Waals surface area contributed by atoms with E-state index in [0.717, 1.165) is 42.2 Å². The molecule has 3 aliphatic rings. The summed E-state index contributed by atoms with van der Waals surface area (Å²) in [6.07, 6.45) is 7.27. The lowest BCUT2D eigenvalue weighted by Gasteiger charge is -2.31. The Kier molecular flexibility index (Phi) is 4.59. The first kappa shape index (κ1) is 17.7. The normalized spacial score (nSPS) is 20.5. The fourth-order valence-electron chi connectivity index (χ4n) is 5.05. The smallest absolute Gasteiger partial charge is 0.259 e. The third kappa shape index (κ3) is 2.91. The van der Waals surface area contributed by atoms with Crippen molar-refractivity contribution in [2.45, 2.75) is 25.7 Å². The summed E-state index contributed by atoms with van der Waals surface area (Å²) in [7, 11) is 0. The highest BCUT2D eigenvalue weighted by atomic mass is 16.2. The number of rotatable bonds is 5. The van der Waals surface area contributed by atoms with Crippen LogP contribution >= 0.6 is 0 Å². The second kappa shape index (κ2) is 7.25. The Morgan fingerprint density at radius 1 is 1.00 bits per heavy atom. The Morgan fingerprint density at radius 2 is 1.86 bits per heavy atom. The van der Waals surface area contributed by atoms with Crippen molar-refractivity contribution in [3.8, 4) is 0 Å². The molecule has 0 radical (unpaired) electrons. The number of carbonyl (C=O) groups excluding carboxylic acids is 1. The Balaban J connectivity index is 1.44. The Bertz CT molecular complexity index is 917. The van der Waals surface area contributed by atoms with Crippen LogP contribution in [-0.4, -0.2) is 50.1 Å². The molecule has 0 unspecified atom stereocenters. The highest BCUT2D eigenvalue weighted by Gasteiger charge is 2.30. The van der Waals surface area contributed by atoms with E-state index >= 15 is 0 Å². The molecule has 2 fully saturated rings. The van der Waals surface area contributed by atoms with Gasteiger partial charge in [0.05, 0.1) is 5.69 Å². The predicted octanol–water partition coefficient (Wildman–Crippen LogP) is 4.30. The Hall–Kier alpha value is -2.33. The van der Waals surface area contributed by atoms with Crippen molar-refractivity contribution < 1.29 is 4.79 Å². The summed E-state index contributed by atoms with van der Waals surface area (Å²) >= 11 is 0. The minimum atomic E-state index is 0.0974. The number of carbonyl (C=O) groups is 1. The van der Waals surface area contributed by atoms with Gasteiger partial charge in [-0.15, -0.1) is 6.58 Å². The molecule has 1 saturated carbocycles. The van der Waals surface area contributed by atoms with E-state index in [4.69, 9.17) is 0 Å². The first-order valence-corrected chi connectivity index (χ1v) is 10.7. The molecule has 1 aliphatic carbocycles. The number of nitrogens with zero attached hydrogens (tertiary/aromatic N) is 3. The summed E-state index contributed by atoms with van der Waals surface area (Å²) < 4.78 is 0. The number of hydrogen-bond donors (Lipinski definition) is 0. The third-order valence-electron chi connectivity index (χ3n) is 6.74. The Morgan fingerprint density at radius 3 is 2.64 bits per heavy atom. The highest BCUT2D eigenvalue weighted by Crippen LogP contribution is 2.41. The van der Waals surface area contributed by atoms with Crippen molar-refractivity contribution in [1.29, 1.82) is 0 Å². The summed E-state index contributed by atoms with van der Waals surface area (Å²) in [5.41, 5.74) is 3.14. The van der Waals surface area contributed by atoms with Gasteiger partial charge in [-0.05, 0) is 49.9 Å². The van der Waals surface area contributed by atoms with E-state index in [-0.39, 0.29) is 5.91 Å². The van der Waals surface area contributed by atoms with Gasteiger partial charge in [0.15, 0.2) is 0 Å². The second-order valence-corrected chi connectivity index (χ2v) is 8.47. The van der Waals surface area contributed by atoms with Gasteiger partial charge in [0.1, 0.15) is 0 Å². The van der Waals surface area contributed by atoms with Crippen molar-refractivity contribution in [3.05, 3.63) is 48.6 Å². The molecule has 1 saturated heterocycles. The van der Waals surface area contributed by atoms with Crippen LogP contribution < -0.4 is 9.80 Å². The summed E-state index contributed by atoms with van der Waals surface area (Å²) in [6.45, 7) is 10.2. The van der Waals surface area contributed by atoms with Gasteiger partial charge in [-0.3, -0.25) is 4.79 Å². The molecular formula is C24H29N3O. The number of amides is 1. The number of hydrogen-bond acceptors (Lipinski definition) is 3. The van der Waals surface area contributed by atoms with Crippen LogP contribution in [0, 0.1) is 5.92 Å². The summed E-state index contributed by atoms with van der Waals surface area (Å²) in [6, 6.07) is 10.5. The second-order valence-electron chi connectivity index (χ2n) is 8.47.